The van der Waals surface area contributed by atoms with Crippen LogP contribution in [0.25, 0.3) is 10.9 Å². The number of amidine groups is 1. The number of aromatic nitrogens is 1. The van der Waals surface area contributed by atoms with Crippen LogP contribution in [-0.2, 0) is 11.2 Å². The van der Waals surface area contributed by atoms with Crippen molar-refractivity contribution in [2.45, 2.75) is 19.6 Å². The molecule has 0 N–H and O–H groups in total. The molecule has 0 saturated heterocycles. The highest BCUT2D eigenvalue weighted by molar-refractivity contribution is 5.99. The van der Waals surface area contributed by atoms with Gasteiger partial charge >= 0.3 is 0 Å². The van der Waals surface area contributed by atoms with Crippen molar-refractivity contribution >= 4 is 16.7 Å². The Morgan fingerprint density at radius 1 is 1.23 bits per heavy atom. The highest BCUT2D eigenvalue weighted by Crippen LogP contribution is 2.26. The minimum Gasteiger partial charge on any atom is -0.464 e. The van der Waals surface area contributed by atoms with Crippen molar-refractivity contribution in [1.29, 1.82) is 0 Å². The van der Waals surface area contributed by atoms with Crippen molar-refractivity contribution < 1.29 is 4.74 Å². The third-order valence-corrected chi connectivity index (χ3v) is 4.01. The highest BCUT2D eigenvalue weighted by Gasteiger charge is 2.28. The summed E-state index contributed by atoms with van der Waals surface area (Å²) in [5, 5.41) is 1.17. The smallest absolute Gasteiger partial charge is 0.196 e. The fraction of sp³-hybridized carbons (Fsp3) is 0.222. The largest absolute Gasteiger partial charge is 0.464 e. The molecule has 4 heteroatoms. The molecule has 4 nitrogen and oxygen atoms in total. The lowest BCUT2D eigenvalue weighted by Crippen LogP contribution is -2.27. The molecule has 0 amide bonds. The number of allylic oxidation sites excluding steroid dienone is 2. The van der Waals surface area contributed by atoms with Gasteiger partial charge in [-0.2, -0.15) is 0 Å². The number of hydrogen-bond acceptors (Lipinski definition) is 4. The maximum absolute atomic E-state index is 5.99. The first-order chi connectivity index (χ1) is 10.8. The molecule has 2 aliphatic rings. The van der Waals surface area contributed by atoms with E-state index in [4.69, 9.17) is 9.73 Å². The number of likely N-dealkylation sites (N-methyl/N-ethyl adjacent to an activating group) is 1. The van der Waals surface area contributed by atoms with Crippen LogP contribution in [0.1, 0.15) is 12.5 Å². The maximum atomic E-state index is 5.99. The van der Waals surface area contributed by atoms with Gasteiger partial charge in [0, 0.05) is 30.7 Å². The summed E-state index contributed by atoms with van der Waals surface area (Å²) in [6, 6.07) is 10.2. The summed E-state index contributed by atoms with van der Waals surface area (Å²) in [5.41, 5.74) is 2.23. The number of ether oxygens (including phenoxy) is 1. The first-order valence-electron chi connectivity index (χ1n) is 7.58. The molecular weight excluding hydrogens is 274 g/mol. The van der Waals surface area contributed by atoms with E-state index in [1.165, 1.54) is 10.9 Å². The molecule has 0 fully saturated rings. The molecule has 0 aliphatic carbocycles. The molecule has 3 heterocycles. The van der Waals surface area contributed by atoms with E-state index in [1.54, 1.807) is 0 Å². The van der Waals surface area contributed by atoms with E-state index in [1.807, 2.05) is 42.7 Å². The van der Waals surface area contributed by atoms with Crippen molar-refractivity contribution in [3.05, 3.63) is 66.2 Å². The Hall–Kier alpha value is -2.62. The van der Waals surface area contributed by atoms with Crippen LogP contribution in [0.4, 0.5) is 0 Å². The second-order valence-electron chi connectivity index (χ2n) is 5.38. The van der Waals surface area contributed by atoms with Gasteiger partial charge in [-0.1, -0.05) is 18.2 Å². The van der Waals surface area contributed by atoms with Gasteiger partial charge in [0.15, 0.2) is 17.8 Å². The predicted molar refractivity (Wildman–Crippen MR) is 87.4 cm³/mol. The Morgan fingerprint density at radius 3 is 3.05 bits per heavy atom. The van der Waals surface area contributed by atoms with E-state index < -0.39 is 0 Å². The molecule has 1 aromatic carbocycles. The topological polar surface area (TPSA) is 37.7 Å². The summed E-state index contributed by atoms with van der Waals surface area (Å²) >= 11 is 0. The van der Waals surface area contributed by atoms with Crippen LogP contribution in [-0.4, -0.2) is 28.5 Å². The molecule has 2 aromatic rings. The Morgan fingerprint density at radius 2 is 2.14 bits per heavy atom. The average molecular weight is 291 g/mol. The number of aliphatic imine (C=N–C) groups is 1. The summed E-state index contributed by atoms with van der Waals surface area (Å²) < 4.78 is 5.99. The van der Waals surface area contributed by atoms with Crippen molar-refractivity contribution in [2.24, 2.45) is 4.99 Å². The zero-order valence-electron chi connectivity index (χ0n) is 12.4. The Labute approximate surface area is 129 Å². The Balaban J connectivity index is 1.64. The molecule has 22 heavy (non-hydrogen) atoms. The zero-order valence-corrected chi connectivity index (χ0v) is 12.4. The van der Waals surface area contributed by atoms with Gasteiger partial charge < -0.3 is 9.64 Å². The number of nitrogens with zero attached hydrogens (tertiary/aromatic N) is 3. The van der Waals surface area contributed by atoms with Crippen molar-refractivity contribution in [3.63, 3.8) is 0 Å². The lowest BCUT2D eigenvalue weighted by atomic mass is 10.1. The summed E-state index contributed by atoms with van der Waals surface area (Å²) in [4.78, 5) is 11.3. The summed E-state index contributed by atoms with van der Waals surface area (Å²) in [6.07, 6.45) is 8.46. The predicted octanol–water partition coefficient (Wildman–Crippen LogP) is 3.27. The number of para-hydroxylation sites is 1. The monoisotopic (exact) mass is 291 g/mol. The van der Waals surface area contributed by atoms with Crippen LogP contribution in [0, 0.1) is 0 Å². The Kier molecular flexibility index (Phi) is 3.15. The molecular formula is C18H17N3O. The van der Waals surface area contributed by atoms with E-state index in [9.17, 15) is 0 Å². The lowest BCUT2D eigenvalue weighted by Gasteiger charge is -2.20. The van der Waals surface area contributed by atoms with E-state index >= 15 is 0 Å². The average Bonchev–Trinajstić information content (AvgIpc) is 2.97. The molecule has 1 unspecified atom stereocenters. The van der Waals surface area contributed by atoms with Gasteiger partial charge in [-0.3, -0.25) is 4.98 Å². The number of rotatable bonds is 3. The van der Waals surface area contributed by atoms with Crippen molar-refractivity contribution in [3.8, 4) is 0 Å². The van der Waals surface area contributed by atoms with Crippen LogP contribution in [0.3, 0.4) is 0 Å². The van der Waals surface area contributed by atoms with Crippen LogP contribution in [0.15, 0.2) is 65.6 Å². The zero-order chi connectivity index (χ0) is 14.9. The third-order valence-electron chi connectivity index (χ3n) is 4.01. The minimum atomic E-state index is -0.166. The van der Waals surface area contributed by atoms with Gasteiger partial charge in [0.1, 0.15) is 0 Å². The van der Waals surface area contributed by atoms with Crippen LogP contribution < -0.4 is 0 Å². The molecule has 0 radical (unpaired) electrons. The number of pyridine rings is 1. The number of hydrogen-bond donors (Lipinski definition) is 0. The second kappa shape index (κ2) is 5.30. The Bertz CT molecular complexity index is 802. The SMILES string of the molecule is CCN1C=CC=C2OC(Cc3ccnc4ccccc34)N=C21. The normalized spacial score (nSPS) is 19.7. The molecule has 1 aromatic heterocycles. The fourth-order valence-corrected chi connectivity index (χ4v) is 2.92. The van der Waals surface area contributed by atoms with Gasteiger partial charge in [-0.25, -0.2) is 4.99 Å². The van der Waals surface area contributed by atoms with Crippen molar-refractivity contribution in [2.75, 3.05) is 6.54 Å². The number of fused-ring (bicyclic) bond motifs is 2. The van der Waals surface area contributed by atoms with E-state index in [0.717, 1.165) is 30.1 Å². The molecule has 4 rings (SSSR count). The van der Waals surface area contributed by atoms with Gasteiger partial charge in [0.2, 0.25) is 0 Å². The first kappa shape index (κ1) is 13.1. The minimum absolute atomic E-state index is 0.166. The summed E-state index contributed by atoms with van der Waals surface area (Å²) in [5.74, 6) is 1.81. The van der Waals surface area contributed by atoms with E-state index in [-0.39, 0.29) is 6.23 Å². The lowest BCUT2D eigenvalue weighted by molar-refractivity contribution is 0.156. The van der Waals surface area contributed by atoms with Gasteiger partial charge in [0.25, 0.3) is 0 Å². The molecule has 1 atom stereocenters. The molecule has 0 saturated carbocycles. The summed E-state index contributed by atoms with van der Waals surface area (Å²) in [6.45, 7) is 3.00. The summed E-state index contributed by atoms with van der Waals surface area (Å²) in [7, 11) is 0. The molecule has 110 valence electrons. The van der Waals surface area contributed by atoms with Crippen LogP contribution in [0.2, 0.25) is 0 Å². The number of benzene rings is 1. The highest BCUT2D eigenvalue weighted by atomic mass is 16.5. The molecule has 2 aliphatic heterocycles. The van der Waals surface area contributed by atoms with Gasteiger partial charge in [-0.15, -0.1) is 0 Å². The van der Waals surface area contributed by atoms with Crippen molar-refractivity contribution in [1.82, 2.24) is 9.88 Å². The molecule has 0 bridgehead atoms. The van der Waals surface area contributed by atoms with E-state index in [0.29, 0.717) is 0 Å². The van der Waals surface area contributed by atoms with Gasteiger partial charge in [-0.05, 0) is 36.8 Å². The van der Waals surface area contributed by atoms with Gasteiger partial charge in [0.05, 0.1) is 5.52 Å². The van der Waals surface area contributed by atoms with Crippen LogP contribution in [0.5, 0.6) is 0 Å². The second-order valence-corrected chi connectivity index (χ2v) is 5.38. The fourth-order valence-electron chi connectivity index (χ4n) is 2.92. The maximum Gasteiger partial charge on any atom is 0.196 e. The standard InChI is InChI=1S/C18H17N3O/c1-2-21-11-5-8-16-18(21)20-17(22-16)12-13-9-10-19-15-7-4-3-6-14(13)15/h3-11,17H,2,12H2,1H3. The van der Waals surface area contributed by atoms with E-state index in [2.05, 4.69) is 28.9 Å². The first-order valence-corrected chi connectivity index (χ1v) is 7.58. The quantitative estimate of drug-likeness (QED) is 0.871. The molecule has 0 spiro atoms. The van der Waals surface area contributed by atoms with Crippen LogP contribution >= 0.6 is 0 Å². The third kappa shape index (κ3) is 2.17.